The molecule has 230 valence electrons. The number of rotatable bonds is 3. The number of benzene rings is 6. The number of aromatic nitrogens is 4. The second-order valence-corrected chi connectivity index (χ2v) is 14.2. The van der Waals surface area contributed by atoms with Crippen LogP contribution in [0.2, 0.25) is 0 Å². The third-order valence-corrected chi connectivity index (χ3v) is 11.7. The Morgan fingerprint density at radius 3 is 2.29 bits per heavy atom. The van der Waals surface area contributed by atoms with Crippen LogP contribution in [0.4, 0.5) is 0 Å². The van der Waals surface area contributed by atoms with Crippen molar-refractivity contribution in [1.82, 2.24) is 18.3 Å². The largest absolute Gasteiger partial charge is 0.354 e. The first-order valence-electron chi connectivity index (χ1n) is 16.3. The number of hydrogen-bond donors (Lipinski definition) is 1. The van der Waals surface area contributed by atoms with Crippen molar-refractivity contribution < 1.29 is 0 Å². The highest BCUT2D eigenvalue weighted by Gasteiger charge is 2.29. The van der Waals surface area contributed by atoms with Crippen LogP contribution in [0.15, 0.2) is 145 Å². The van der Waals surface area contributed by atoms with E-state index in [0.717, 1.165) is 81.7 Å². The Balaban J connectivity index is 1.31. The molecule has 11 rings (SSSR count). The highest BCUT2D eigenvalue weighted by Crippen LogP contribution is 2.44. The van der Waals surface area contributed by atoms with Gasteiger partial charge in [-0.25, -0.2) is 0 Å². The lowest BCUT2D eigenvalue weighted by Gasteiger charge is -2.24. The minimum absolute atomic E-state index is 0.220. The lowest BCUT2D eigenvalue weighted by atomic mass is 9.95. The summed E-state index contributed by atoms with van der Waals surface area (Å²) in [6.07, 6.45) is 0. The summed E-state index contributed by atoms with van der Waals surface area (Å²) in [5.74, 6) is 0. The van der Waals surface area contributed by atoms with E-state index in [9.17, 15) is 0 Å². The molecule has 5 nitrogen and oxygen atoms in total. The van der Waals surface area contributed by atoms with Crippen molar-refractivity contribution >= 4 is 93.5 Å². The third kappa shape index (κ3) is 3.71. The molecular weight excluding hydrogens is 639 g/mol. The topological polar surface area (TPSA) is 58.9 Å². The van der Waals surface area contributed by atoms with Crippen molar-refractivity contribution in [3.05, 3.63) is 155 Å². The smallest absolute Gasteiger partial charge is 0.115 e. The van der Waals surface area contributed by atoms with Crippen LogP contribution in [-0.4, -0.2) is 18.3 Å². The molecule has 1 N–H and O–H groups in total. The molecular formula is C42H25N5S2. The Morgan fingerprint density at radius 1 is 0.653 bits per heavy atom. The fraction of sp³-hybridized carbons (Fsp3) is 0.0238. The Bertz CT molecular complexity index is 3140. The van der Waals surface area contributed by atoms with Gasteiger partial charge in [0.15, 0.2) is 0 Å². The summed E-state index contributed by atoms with van der Waals surface area (Å²) >= 11 is 3.07. The van der Waals surface area contributed by atoms with Crippen LogP contribution >= 0.6 is 23.1 Å². The monoisotopic (exact) mass is 663 g/mol. The van der Waals surface area contributed by atoms with E-state index in [2.05, 4.69) is 137 Å². The Labute approximate surface area is 287 Å². The van der Waals surface area contributed by atoms with Gasteiger partial charge in [0, 0.05) is 53.8 Å². The maximum atomic E-state index is 5.43. The molecule has 4 aromatic heterocycles. The molecule has 49 heavy (non-hydrogen) atoms. The van der Waals surface area contributed by atoms with Crippen molar-refractivity contribution in [2.24, 2.45) is 4.99 Å². The van der Waals surface area contributed by atoms with Gasteiger partial charge < -0.3 is 9.55 Å². The van der Waals surface area contributed by atoms with E-state index in [-0.39, 0.29) is 6.04 Å². The van der Waals surface area contributed by atoms with Gasteiger partial charge in [0.1, 0.15) is 17.1 Å². The molecule has 7 heteroatoms. The minimum atomic E-state index is -0.220. The SMILES string of the molecule is C=C1C(n2c3ccccc3c3cccc(-c4cc5[nH]c6ccccc6c5c5nsnc45)c32)=c2sc3ccccc3c2=NC1c1ccccc1. The normalized spacial score (nSPS) is 14.9. The molecule has 5 heterocycles. The zero-order valence-corrected chi connectivity index (χ0v) is 27.6. The number of hydrogen-bond acceptors (Lipinski definition) is 5. The number of nitrogens with zero attached hydrogens (tertiary/aromatic N) is 4. The van der Waals surface area contributed by atoms with Crippen LogP contribution in [0, 0.1) is 0 Å². The fourth-order valence-electron chi connectivity index (χ4n) is 7.90. The van der Waals surface area contributed by atoms with Gasteiger partial charge in [0.05, 0.1) is 38.3 Å². The summed E-state index contributed by atoms with van der Waals surface area (Å²) in [6, 6.07) is 45.0. The molecule has 6 aromatic carbocycles. The molecule has 0 fully saturated rings. The molecule has 1 aliphatic heterocycles. The molecule has 0 bridgehead atoms. The summed E-state index contributed by atoms with van der Waals surface area (Å²) in [5, 5.41) is 6.87. The highest BCUT2D eigenvalue weighted by molar-refractivity contribution is 7.17. The molecule has 1 atom stereocenters. The number of H-pyrrole nitrogens is 1. The van der Waals surface area contributed by atoms with Gasteiger partial charge in [-0.05, 0) is 35.4 Å². The van der Waals surface area contributed by atoms with Gasteiger partial charge in [0.2, 0.25) is 0 Å². The van der Waals surface area contributed by atoms with E-state index < -0.39 is 0 Å². The lowest BCUT2D eigenvalue weighted by molar-refractivity contribution is 0.822. The molecule has 0 saturated heterocycles. The number of nitrogens with one attached hydrogen (secondary N) is 1. The van der Waals surface area contributed by atoms with E-state index in [1.165, 1.54) is 32.6 Å². The molecule has 0 radical (unpaired) electrons. The Morgan fingerprint density at radius 2 is 1.39 bits per heavy atom. The second-order valence-electron chi connectivity index (χ2n) is 12.6. The first-order chi connectivity index (χ1) is 24.2. The van der Waals surface area contributed by atoms with Crippen molar-refractivity contribution in [1.29, 1.82) is 0 Å². The predicted molar refractivity (Wildman–Crippen MR) is 205 cm³/mol. The maximum Gasteiger partial charge on any atom is 0.115 e. The molecule has 10 aromatic rings. The average Bonchev–Trinajstić information content (AvgIpc) is 3.93. The first kappa shape index (κ1) is 27.1. The van der Waals surface area contributed by atoms with Crippen LogP contribution < -0.4 is 9.89 Å². The van der Waals surface area contributed by atoms with Crippen LogP contribution in [0.1, 0.15) is 11.6 Å². The van der Waals surface area contributed by atoms with Gasteiger partial charge in [0.25, 0.3) is 0 Å². The lowest BCUT2D eigenvalue weighted by Crippen LogP contribution is -2.31. The Hall–Kier alpha value is -5.89. The Kier molecular flexibility index (Phi) is 5.56. The zero-order valence-electron chi connectivity index (χ0n) is 26.0. The molecule has 0 saturated carbocycles. The fourth-order valence-corrected chi connectivity index (χ4v) is 9.69. The van der Waals surface area contributed by atoms with Crippen LogP contribution in [0.3, 0.4) is 0 Å². The maximum absolute atomic E-state index is 5.43. The van der Waals surface area contributed by atoms with E-state index in [4.69, 9.17) is 20.3 Å². The van der Waals surface area contributed by atoms with Gasteiger partial charge in [-0.15, -0.1) is 11.3 Å². The number of aromatic amines is 1. The van der Waals surface area contributed by atoms with Crippen LogP contribution in [0.25, 0.3) is 81.6 Å². The van der Waals surface area contributed by atoms with Crippen molar-refractivity contribution in [3.63, 3.8) is 0 Å². The van der Waals surface area contributed by atoms with E-state index in [1.807, 2.05) is 0 Å². The highest BCUT2D eigenvalue weighted by atomic mass is 32.1. The quantitative estimate of drug-likeness (QED) is 0.205. The zero-order chi connectivity index (χ0) is 32.2. The first-order valence-corrected chi connectivity index (χ1v) is 17.8. The minimum Gasteiger partial charge on any atom is -0.354 e. The summed E-state index contributed by atoms with van der Waals surface area (Å²) < 4.78 is 14.6. The number of fused-ring (bicyclic) bond motifs is 11. The molecule has 1 aliphatic rings. The molecule has 0 aliphatic carbocycles. The van der Waals surface area contributed by atoms with E-state index in [0.29, 0.717) is 0 Å². The van der Waals surface area contributed by atoms with Crippen LogP contribution in [0.5, 0.6) is 0 Å². The third-order valence-electron chi connectivity index (χ3n) is 10.0. The van der Waals surface area contributed by atoms with Gasteiger partial charge in [-0.2, -0.15) is 8.75 Å². The van der Waals surface area contributed by atoms with E-state index >= 15 is 0 Å². The summed E-state index contributed by atoms with van der Waals surface area (Å²) in [7, 11) is 0. The standard InChI is InChI=1S/C42H25N5S2/c1-23-36(24-12-3-2-4-13-24)44-38-29-16-7-10-21-34(29)48-42(38)40(23)47-33-20-9-6-14-25(33)26-17-11-18-27(41(26)47)30-22-32-35(39-37(30)45-49-46-39)28-15-5-8-19-31(28)43-32/h2-22,36,43H,1H2. The average molecular weight is 664 g/mol. The number of para-hydroxylation sites is 3. The molecule has 0 amide bonds. The van der Waals surface area contributed by atoms with Crippen LogP contribution in [-0.2, 0) is 0 Å². The summed E-state index contributed by atoms with van der Waals surface area (Å²) in [4.78, 5) is 9.11. The summed E-state index contributed by atoms with van der Waals surface area (Å²) in [6.45, 7) is 4.83. The van der Waals surface area contributed by atoms with Crippen molar-refractivity contribution in [2.45, 2.75) is 6.04 Å². The van der Waals surface area contributed by atoms with Crippen molar-refractivity contribution in [2.75, 3.05) is 0 Å². The second kappa shape index (κ2) is 10.1. The van der Waals surface area contributed by atoms with E-state index in [1.54, 1.807) is 11.3 Å². The van der Waals surface area contributed by atoms with Crippen molar-refractivity contribution in [3.8, 4) is 11.1 Å². The predicted octanol–water partition coefficient (Wildman–Crippen LogP) is 9.90. The molecule has 1 unspecified atom stereocenters. The number of thiophene rings is 1. The summed E-state index contributed by atoms with van der Waals surface area (Å²) in [5.41, 5.74) is 11.6. The van der Waals surface area contributed by atoms with Gasteiger partial charge >= 0.3 is 0 Å². The van der Waals surface area contributed by atoms with Gasteiger partial charge in [-0.1, -0.05) is 110 Å². The molecule has 0 spiro atoms. The van der Waals surface area contributed by atoms with Gasteiger partial charge in [-0.3, -0.25) is 4.99 Å².